The van der Waals surface area contributed by atoms with Gasteiger partial charge in [0.05, 0.1) is 17.3 Å². The van der Waals surface area contributed by atoms with Gasteiger partial charge < -0.3 is 10.5 Å². The van der Waals surface area contributed by atoms with Crippen molar-refractivity contribution >= 4 is 5.97 Å². The molecule has 0 fully saturated rings. The first-order valence-electron chi connectivity index (χ1n) is 7.58. The zero-order valence-electron chi connectivity index (χ0n) is 13.8. The van der Waals surface area contributed by atoms with Gasteiger partial charge >= 0.3 is 5.97 Å². The molecule has 0 aromatic heterocycles. The van der Waals surface area contributed by atoms with Crippen molar-refractivity contribution in [2.45, 2.75) is 52.3 Å². The molecule has 21 heavy (non-hydrogen) atoms. The van der Waals surface area contributed by atoms with Gasteiger partial charge in [0.2, 0.25) is 0 Å². The van der Waals surface area contributed by atoms with Crippen LogP contribution in [0.15, 0.2) is 24.3 Å². The van der Waals surface area contributed by atoms with Crippen LogP contribution in [0.3, 0.4) is 0 Å². The topological polar surface area (TPSA) is 64.3 Å². The number of carbonyl (C=O) groups excluding carboxylic acids is 1. The van der Waals surface area contributed by atoms with E-state index in [0.29, 0.717) is 11.5 Å². The van der Waals surface area contributed by atoms with Gasteiger partial charge in [-0.1, -0.05) is 26.0 Å². The molecular formula is C17H28N2O2. The largest absolute Gasteiger partial charge is 0.459 e. The lowest BCUT2D eigenvalue weighted by molar-refractivity contribution is 0.0378. The second-order valence-corrected chi connectivity index (χ2v) is 6.19. The Labute approximate surface area is 128 Å². The highest BCUT2D eigenvalue weighted by molar-refractivity contribution is 5.89. The Hall–Kier alpha value is -1.39. The van der Waals surface area contributed by atoms with Crippen LogP contribution in [0.4, 0.5) is 0 Å². The first-order valence-corrected chi connectivity index (χ1v) is 7.58. The van der Waals surface area contributed by atoms with Gasteiger partial charge in [-0.15, -0.1) is 0 Å². The zero-order valence-corrected chi connectivity index (χ0v) is 13.8. The molecule has 0 saturated carbocycles. The van der Waals surface area contributed by atoms with Crippen molar-refractivity contribution in [3.05, 3.63) is 35.4 Å². The molecule has 0 bridgehead atoms. The molecule has 0 heterocycles. The zero-order chi connectivity index (χ0) is 16.0. The molecule has 4 nitrogen and oxygen atoms in total. The number of hydrogen-bond donors (Lipinski definition) is 2. The molecule has 0 radical (unpaired) electrons. The fourth-order valence-corrected chi connectivity index (χ4v) is 2.12. The highest BCUT2D eigenvalue weighted by Crippen LogP contribution is 2.23. The second kappa shape index (κ2) is 7.57. The summed E-state index contributed by atoms with van der Waals surface area (Å²) >= 11 is 0. The van der Waals surface area contributed by atoms with E-state index in [1.165, 1.54) is 0 Å². The van der Waals surface area contributed by atoms with E-state index in [1.807, 2.05) is 33.0 Å². The molecular weight excluding hydrogens is 264 g/mol. The van der Waals surface area contributed by atoms with E-state index in [4.69, 9.17) is 10.5 Å². The minimum atomic E-state index is -0.565. The molecule has 0 spiro atoms. The van der Waals surface area contributed by atoms with Crippen LogP contribution < -0.4 is 11.1 Å². The van der Waals surface area contributed by atoms with E-state index in [2.05, 4.69) is 19.2 Å². The molecule has 1 aromatic rings. The van der Waals surface area contributed by atoms with Crippen LogP contribution >= 0.6 is 0 Å². The summed E-state index contributed by atoms with van der Waals surface area (Å²) in [5, 5.41) is 3.19. The number of carbonyl (C=O) groups is 1. The van der Waals surface area contributed by atoms with Crippen LogP contribution in [0.5, 0.6) is 0 Å². The Morgan fingerprint density at radius 3 is 2.24 bits per heavy atom. The number of rotatable bonds is 7. The highest BCUT2D eigenvalue weighted by Gasteiger charge is 2.25. The SMILES string of the molecule is CN[C@](N)(CCC(C)C)c1ccc(C(=O)OC(C)C)cc1. The fourth-order valence-electron chi connectivity index (χ4n) is 2.12. The maximum absolute atomic E-state index is 11.8. The van der Waals surface area contributed by atoms with Crippen LogP contribution in [-0.2, 0) is 10.4 Å². The molecule has 3 N–H and O–H groups in total. The maximum atomic E-state index is 11.8. The Kier molecular flexibility index (Phi) is 6.37. The number of esters is 1. The van der Waals surface area contributed by atoms with Crippen molar-refractivity contribution in [3.63, 3.8) is 0 Å². The molecule has 118 valence electrons. The summed E-state index contributed by atoms with van der Waals surface area (Å²) in [7, 11) is 1.86. The molecule has 0 saturated heterocycles. The van der Waals surface area contributed by atoms with Crippen molar-refractivity contribution in [2.75, 3.05) is 7.05 Å². The predicted octanol–water partition coefficient (Wildman–Crippen LogP) is 3.02. The fraction of sp³-hybridized carbons (Fsp3) is 0.588. The monoisotopic (exact) mass is 292 g/mol. The highest BCUT2D eigenvalue weighted by atomic mass is 16.5. The lowest BCUT2D eigenvalue weighted by atomic mass is 9.91. The number of nitrogens with two attached hydrogens (primary N) is 1. The summed E-state index contributed by atoms with van der Waals surface area (Å²) in [6.45, 7) is 8.04. The molecule has 0 aliphatic heterocycles. The Bertz CT molecular complexity index is 454. The van der Waals surface area contributed by atoms with Gasteiger partial charge in [0.15, 0.2) is 0 Å². The van der Waals surface area contributed by atoms with Crippen LogP contribution in [-0.4, -0.2) is 19.1 Å². The second-order valence-electron chi connectivity index (χ2n) is 6.19. The van der Waals surface area contributed by atoms with Gasteiger partial charge in [0, 0.05) is 0 Å². The Morgan fingerprint density at radius 2 is 1.81 bits per heavy atom. The predicted molar refractivity (Wildman–Crippen MR) is 86.0 cm³/mol. The van der Waals surface area contributed by atoms with Crippen molar-refractivity contribution in [1.82, 2.24) is 5.32 Å². The molecule has 0 aliphatic rings. The summed E-state index contributed by atoms with van der Waals surface area (Å²) in [4.78, 5) is 11.8. The minimum absolute atomic E-state index is 0.117. The van der Waals surface area contributed by atoms with Crippen molar-refractivity contribution in [1.29, 1.82) is 0 Å². The van der Waals surface area contributed by atoms with Crippen LogP contribution in [0, 0.1) is 5.92 Å². The van der Waals surface area contributed by atoms with Crippen molar-refractivity contribution < 1.29 is 9.53 Å². The Morgan fingerprint density at radius 1 is 1.24 bits per heavy atom. The van der Waals surface area contributed by atoms with E-state index >= 15 is 0 Å². The van der Waals surface area contributed by atoms with Crippen LogP contribution in [0.2, 0.25) is 0 Å². The van der Waals surface area contributed by atoms with Crippen molar-refractivity contribution in [3.8, 4) is 0 Å². The average molecular weight is 292 g/mol. The van der Waals surface area contributed by atoms with Gasteiger partial charge in [-0.05, 0) is 57.4 Å². The normalized spacial score (nSPS) is 14.3. The first kappa shape index (κ1) is 17.7. The molecule has 0 unspecified atom stereocenters. The summed E-state index contributed by atoms with van der Waals surface area (Å²) < 4.78 is 5.18. The van der Waals surface area contributed by atoms with E-state index in [9.17, 15) is 4.79 Å². The van der Waals surface area contributed by atoms with E-state index in [0.717, 1.165) is 18.4 Å². The standard InChI is InChI=1S/C17H28N2O2/c1-12(2)10-11-17(18,19-5)15-8-6-14(7-9-15)16(20)21-13(3)4/h6-9,12-13,19H,10-11,18H2,1-5H3/t17-/m1/s1. The number of benzene rings is 1. The quantitative estimate of drug-likeness (QED) is 0.599. The molecule has 0 amide bonds. The first-order chi connectivity index (χ1) is 9.78. The molecule has 1 aromatic carbocycles. The molecule has 1 rings (SSSR count). The number of ether oxygens (including phenoxy) is 1. The van der Waals surface area contributed by atoms with Gasteiger partial charge in [-0.25, -0.2) is 4.79 Å². The van der Waals surface area contributed by atoms with Gasteiger partial charge in [-0.3, -0.25) is 5.32 Å². The molecule has 4 heteroatoms. The lowest BCUT2D eigenvalue weighted by Crippen LogP contribution is -2.48. The van der Waals surface area contributed by atoms with Gasteiger partial charge in [-0.2, -0.15) is 0 Å². The van der Waals surface area contributed by atoms with E-state index in [1.54, 1.807) is 12.1 Å². The van der Waals surface area contributed by atoms with Gasteiger partial charge in [0.25, 0.3) is 0 Å². The molecule has 0 aliphatic carbocycles. The number of hydrogen-bond acceptors (Lipinski definition) is 4. The summed E-state index contributed by atoms with van der Waals surface area (Å²) in [6.07, 6.45) is 1.76. The maximum Gasteiger partial charge on any atom is 0.338 e. The Balaban J connectivity index is 2.86. The third-order valence-corrected chi connectivity index (χ3v) is 3.54. The van der Waals surface area contributed by atoms with Crippen molar-refractivity contribution in [2.24, 2.45) is 11.7 Å². The smallest absolute Gasteiger partial charge is 0.338 e. The summed E-state index contributed by atoms with van der Waals surface area (Å²) in [6, 6.07) is 7.34. The van der Waals surface area contributed by atoms with Crippen LogP contribution in [0.1, 0.15) is 56.5 Å². The number of nitrogens with one attached hydrogen (secondary N) is 1. The minimum Gasteiger partial charge on any atom is -0.459 e. The van der Waals surface area contributed by atoms with Crippen LogP contribution in [0.25, 0.3) is 0 Å². The third-order valence-electron chi connectivity index (χ3n) is 3.54. The molecule has 1 atom stereocenters. The van der Waals surface area contributed by atoms with E-state index < -0.39 is 5.66 Å². The average Bonchev–Trinajstić information content (AvgIpc) is 2.44. The lowest BCUT2D eigenvalue weighted by Gasteiger charge is -2.30. The van der Waals surface area contributed by atoms with Gasteiger partial charge in [0.1, 0.15) is 0 Å². The van der Waals surface area contributed by atoms with E-state index in [-0.39, 0.29) is 12.1 Å². The summed E-state index contributed by atoms with van der Waals surface area (Å²) in [5.41, 5.74) is 7.41. The summed E-state index contributed by atoms with van der Waals surface area (Å²) in [5.74, 6) is 0.298. The third kappa shape index (κ3) is 5.14.